The smallest absolute Gasteiger partial charge is 0.294 e. The van der Waals surface area contributed by atoms with Gasteiger partial charge in [-0.15, -0.1) is 11.3 Å². The normalized spacial score (nSPS) is 11.0. The minimum absolute atomic E-state index is 0.120. The van der Waals surface area contributed by atoms with E-state index in [-0.39, 0.29) is 41.1 Å². The number of fused-ring (bicyclic) bond motifs is 5. The summed E-state index contributed by atoms with van der Waals surface area (Å²) in [4.78, 5) is 75.9. The Balaban J connectivity index is 0.000000117. The van der Waals surface area contributed by atoms with Gasteiger partial charge in [-0.25, -0.2) is 9.97 Å². The number of para-hydroxylation sites is 5. The molecule has 0 saturated heterocycles. The maximum atomic E-state index is 12.6. The highest BCUT2D eigenvalue weighted by atomic mass is 35.5. The van der Waals surface area contributed by atoms with E-state index >= 15 is 0 Å². The standard InChI is InChI=1S/C22H21N3O.C21H19N3O2.C20H16ClN3OS.C20H18N4O.C20H17N3O2/c1-15-7-9-17(10-8-15)13-25-14-19(18-5-3-4-6-20(18)25)24-22(26)21-16(2)11-12-23-21;1-14-7-9-16(10-8-14)12-24-13-18(17-5-3-4-6-19(17)24)23-21(25)20-15(2)11-22-26-20;1-13-6-8-14(9-7-13)10-24-11-16(15-4-2-3-5-18(15)24)22-19(25)17-12-26-20(21)23-17;1-14-6-8-15(9-7-14)11-24-12-18(16-4-2-3-5-19(16)24)23-20(25)17-10-21-13-22-17;1-14-6-8-15(9-7-14)12-23-13-17(16-4-2-3-5-18(16)23)22-20(24)19-10-11-21-25-19/h3-12,14,23H,13H2,1-2H3,(H,24,26);3-11,13H,12H2,1-2H3,(H,23,25);2-9,11-12H,10H2,1H3,(H,22,25);2-10,12-13H,11H2,1H3,(H,21,22)(H,23,25);2-11,13H,12H2,1H3,(H,22,24). The number of nitrogens with one attached hydrogen (secondary N) is 7. The van der Waals surface area contributed by atoms with Gasteiger partial charge < -0.3 is 68.4 Å². The summed E-state index contributed by atoms with van der Waals surface area (Å²) < 4.78 is 21.1. The molecule has 0 fully saturated rings. The fourth-order valence-corrected chi connectivity index (χ4v) is 15.8. The average molecular weight is 1730 g/mol. The number of carbonyl (C=O) groups is 5. The highest BCUT2D eigenvalue weighted by Crippen LogP contribution is 2.34. The molecule has 23 nitrogen and oxygen atoms in total. The van der Waals surface area contributed by atoms with Crippen LogP contribution in [0.25, 0.3) is 54.5 Å². The number of rotatable bonds is 20. The molecule has 20 rings (SSSR count). The van der Waals surface area contributed by atoms with Gasteiger partial charge in [0.1, 0.15) is 17.1 Å². The molecule has 20 aromatic rings. The molecule has 5 amide bonds. The number of H-pyrrole nitrogens is 2. The average Bonchev–Trinajstić information content (AvgIpc) is 1.67. The van der Waals surface area contributed by atoms with E-state index in [1.54, 1.807) is 24.6 Å². The third kappa shape index (κ3) is 20.6. The van der Waals surface area contributed by atoms with E-state index in [1.165, 1.54) is 91.9 Å². The van der Waals surface area contributed by atoms with E-state index in [0.29, 0.717) is 27.1 Å². The molecule has 0 aliphatic rings. The number of anilines is 5. The number of thiazole rings is 1. The number of aromatic amines is 2. The maximum Gasteiger partial charge on any atom is 0.294 e. The fourth-order valence-electron chi connectivity index (χ4n) is 15.0. The number of imidazole rings is 1. The van der Waals surface area contributed by atoms with Crippen LogP contribution in [-0.2, 0) is 32.7 Å². The molecule has 0 atom stereocenters. The molecular formula is C103H91ClN16O7S. The van der Waals surface area contributed by atoms with E-state index in [9.17, 15) is 24.0 Å². The monoisotopic (exact) mass is 1730 g/mol. The maximum absolute atomic E-state index is 12.6. The summed E-state index contributed by atoms with van der Waals surface area (Å²) in [6.45, 7) is 17.8. The number of halogens is 1. The van der Waals surface area contributed by atoms with E-state index in [2.05, 4.69) is 260 Å². The Hall–Kier alpha value is -15.9. The van der Waals surface area contributed by atoms with Gasteiger partial charge in [-0.05, 0) is 118 Å². The zero-order valence-corrected chi connectivity index (χ0v) is 72.9. The number of benzene rings is 10. The van der Waals surface area contributed by atoms with Crippen LogP contribution in [-0.4, -0.2) is 82.6 Å². The molecule has 0 aliphatic heterocycles. The summed E-state index contributed by atoms with van der Waals surface area (Å²) in [6, 6.07) is 86.1. The first kappa shape index (κ1) is 85.6. The number of aryl methyl sites for hydroxylation is 7. The van der Waals surface area contributed by atoms with Crippen LogP contribution in [0.3, 0.4) is 0 Å². The van der Waals surface area contributed by atoms with Crippen molar-refractivity contribution in [2.75, 3.05) is 26.6 Å². The summed E-state index contributed by atoms with van der Waals surface area (Å²) in [7, 11) is 0. The molecule has 7 N–H and O–H groups in total. The van der Waals surface area contributed by atoms with Crippen LogP contribution in [0.5, 0.6) is 0 Å². The molecule has 0 radical (unpaired) electrons. The van der Waals surface area contributed by atoms with Gasteiger partial charge >= 0.3 is 0 Å². The Bertz CT molecular complexity index is 6930. The van der Waals surface area contributed by atoms with Crippen molar-refractivity contribution in [1.82, 2.24) is 53.1 Å². The van der Waals surface area contributed by atoms with Gasteiger partial charge in [-0.1, -0.05) is 262 Å². The van der Waals surface area contributed by atoms with Crippen LogP contribution >= 0.6 is 22.9 Å². The van der Waals surface area contributed by atoms with Crippen molar-refractivity contribution in [3.63, 3.8) is 0 Å². The van der Waals surface area contributed by atoms with Gasteiger partial charge in [0.05, 0.1) is 80.9 Å². The highest BCUT2D eigenvalue weighted by molar-refractivity contribution is 7.14. The van der Waals surface area contributed by atoms with E-state index in [0.717, 1.165) is 121 Å². The van der Waals surface area contributed by atoms with Crippen molar-refractivity contribution < 1.29 is 33.0 Å². The van der Waals surface area contributed by atoms with E-state index < -0.39 is 0 Å². The van der Waals surface area contributed by atoms with Crippen molar-refractivity contribution in [1.29, 1.82) is 0 Å². The Morgan fingerprint density at radius 1 is 0.359 bits per heavy atom. The van der Waals surface area contributed by atoms with Crippen LogP contribution in [0.2, 0.25) is 4.47 Å². The number of hydrogen-bond acceptors (Lipinski definition) is 12. The molecule has 10 heterocycles. The van der Waals surface area contributed by atoms with Gasteiger partial charge in [0.25, 0.3) is 29.5 Å². The van der Waals surface area contributed by atoms with E-state index in [1.807, 2.05) is 141 Å². The largest absolute Gasteiger partial charge is 0.357 e. The van der Waals surface area contributed by atoms with Crippen LogP contribution in [0.1, 0.15) is 119 Å². The summed E-state index contributed by atoms with van der Waals surface area (Å²) in [5, 5.41) is 28.8. The number of hydrogen-bond donors (Lipinski definition) is 7. The second-order valence-electron chi connectivity index (χ2n) is 31.3. The van der Waals surface area contributed by atoms with Crippen molar-refractivity contribution in [3.8, 4) is 0 Å². The van der Waals surface area contributed by atoms with Crippen LogP contribution < -0.4 is 26.6 Å². The molecule has 0 unspecified atom stereocenters. The van der Waals surface area contributed by atoms with Gasteiger partial charge in [0.2, 0.25) is 11.5 Å². The predicted octanol–water partition coefficient (Wildman–Crippen LogP) is 23.0. The molecule has 0 bridgehead atoms. The quantitative estimate of drug-likeness (QED) is 0.0377. The molecule has 0 spiro atoms. The van der Waals surface area contributed by atoms with Gasteiger partial charge in [-0.3, -0.25) is 24.0 Å². The summed E-state index contributed by atoms with van der Waals surface area (Å²) in [5.74, 6) is -0.752. The minimum atomic E-state index is -0.310. The lowest BCUT2D eigenvalue weighted by Crippen LogP contribution is -2.13. The number of aromatic nitrogens is 11. The third-order valence-electron chi connectivity index (χ3n) is 21.8. The molecule has 10 aromatic carbocycles. The molecule has 0 saturated carbocycles. The second kappa shape index (κ2) is 39.3. The molecule has 128 heavy (non-hydrogen) atoms. The van der Waals surface area contributed by atoms with Crippen molar-refractivity contribution in [2.45, 2.75) is 81.2 Å². The topological polar surface area (TPSA) is 280 Å². The zero-order valence-electron chi connectivity index (χ0n) is 71.3. The lowest BCUT2D eigenvalue weighted by molar-refractivity contribution is 0.0980. The number of amides is 5. The lowest BCUT2D eigenvalue weighted by atomic mass is 10.1. The van der Waals surface area contributed by atoms with E-state index in [4.69, 9.17) is 20.6 Å². The second-order valence-corrected chi connectivity index (χ2v) is 32.8. The molecule has 10 aromatic heterocycles. The first-order valence-corrected chi connectivity index (χ1v) is 42.8. The number of carbonyl (C=O) groups excluding carboxylic acids is 5. The number of nitrogens with zero attached hydrogens (tertiary/aromatic N) is 9. The van der Waals surface area contributed by atoms with Gasteiger partial charge in [0.15, 0.2) is 4.47 Å². The lowest BCUT2D eigenvalue weighted by Gasteiger charge is -2.06. The minimum Gasteiger partial charge on any atom is -0.357 e. The SMILES string of the molecule is Cc1ccc(Cn2cc(NC(=O)c3[nH]ccc3C)c3ccccc32)cc1.Cc1ccc(Cn2cc(NC(=O)c3ccno3)c3ccccc32)cc1.Cc1ccc(Cn2cc(NC(=O)c3cnc[nH]3)c3ccccc32)cc1.Cc1ccc(Cn2cc(NC(=O)c3csc(Cl)n3)c3ccccc32)cc1.Cc1ccc(Cn2cc(NC(=O)c3oncc3C)c3ccccc32)cc1. The summed E-state index contributed by atoms with van der Waals surface area (Å²) in [6.07, 6.45) is 17.7. The predicted molar refractivity (Wildman–Crippen MR) is 510 cm³/mol. The third-order valence-corrected chi connectivity index (χ3v) is 22.8. The Morgan fingerprint density at radius 3 is 1.01 bits per heavy atom. The first-order chi connectivity index (χ1) is 62.2. The van der Waals surface area contributed by atoms with Gasteiger partial charge in [-0.2, -0.15) is 0 Å². The Morgan fingerprint density at radius 2 is 0.703 bits per heavy atom. The van der Waals surface area contributed by atoms with Gasteiger partial charge in [0, 0.05) is 114 Å². The van der Waals surface area contributed by atoms with Crippen molar-refractivity contribution >= 4 is 135 Å². The van der Waals surface area contributed by atoms with Crippen molar-refractivity contribution in [3.05, 3.63) is 422 Å². The zero-order chi connectivity index (χ0) is 88.7. The van der Waals surface area contributed by atoms with Crippen LogP contribution in [0.15, 0.2) is 331 Å². The Labute approximate surface area is 746 Å². The van der Waals surface area contributed by atoms with Crippen LogP contribution in [0, 0.1) is 48.5 Å². The first-order valence-electron chi connectivity index (χ1n) is 41.5. The molecule has 638 valence electrons. The molecule has 0 aliphatic carbocycles. The van der Waals surface area contributed by atoms with Crippen LogP contribution in [0.4, 0.5) is 28.4 Å². The summed E-state index contributed by atoms with van der Waals surface area (Å²) in [5.41, 5.74) is 24.6. The molecular weight excluding hydrogens is 1640 g/mol. The highest BCUT2D eigenvalue weighted by Gasteiger charge is 2.22. The summed E-state index contributed by atoms with van der Waals surface area (Å²) >= 11 is 7.07. The van der Waals surface area contributed by atoms with Crippen molar-refractivity contribution in [2.24, 2.45) is 0 Å². The Kier molecular flexibility index (Phi) is 26.3. The fraction of sp³-hybridized carbons (Fsp3) is 0.117. The molecule has 25 heteroatoms.